The summed E-state index contributed by atoms with van der Waals surface area (Å²) in [5.74, 6) is 0.535. The van der Waals surface area contributed by atoms with E-state index >= 15 is 0 Å². The maximum atomic E-state index is 12.2. The maximum absolute atomic E-state index is 12.2. The van der Waals surface area contributed by atoms with Crippen LogP contribution in [0.15, 0.2) is 24.3 Å². The molecule has 0 atom stereocenters. The molecular weight excluding hydrogens is 306 g/mol. The summed E-state index contributed by atoms with van der Waals surface area (Å²) in [4.78, 5) is 26.4. The van der Waals surface area contributed by atoms with Gasteiger partial charge < -0.3 is 15.4 Å². The zero-order valence-electron chi connectivity index (χ0n) is 14.5. The SMILES string of the molecule is COCCNC(=O)c1cccc(NC(=O)CN2CCC(C)CC2)c1. The number of anilines is 1. The number of hydrogen-bond acceptors (Lipinski definition) is 4. The van der Waals surface area contributed by atoms with Gasteiger partial charge in [-0.3, -0.25) is 14.5 Å². The van der Waals surface area contributed by atoms with E-state index in [-0.39, 0.29) is 11.8 Å². The van der Waals surface area contributed by atoms with Gasteiger partial charge in [0.05, 0.1) is 13.2 Å². The minimum atomic E-state index is -0.173. The molecule has 6 nitrogen and oxygen atoms in total. The second-order valence-electron chi connectivity index (χ2n) is 6.34. The molecule has 1 aliphatic rings. The molecule has 1 heterocycles. The number of benzene rings is 1. The van der Waals surface area contributed by atoms with Crippen LogP contribution >= 0.6 is 0 Å². The summed E-state index contributed by atoms with van der Waals surface area (Å²) in [7, 11) is 1.59. The summed E-state index contributed by atoms with van der Waals surface area (Å²) in [5, 5.41) is 5.64. The van der Waals surface area contributed by atoms with E-state index < -0.39 is 0 Å². The quantitative estimate of drug-likeness (QED) is 0.746. The van der Waals surface area contributed by atoms with Crippen LogP contribution in [-0.2, 0) is 9.53 Å². The topological polar surface area (TPSA) is 70.7 Å². The largest absolute Gasteiger partial charge is 0.383 e. The lowest BCUT2D eigenvalue weighted by Gasteiger charge is -2.29. The number of nitrogens with one attached hydrogen (secondary N) is 2. The molecule has 0 spiro atoms. The Hall–Kier alpha value is -1.92. The van der Waals surface area contributed by atoms with Gasteiger partial charge in [-0.25, -0.2) is 0 Å². The summed E-state index contributed by atoms with van der Waals surface area (Å²) in [6.45, 7) is 5.51. The van der Waals surface area contributed by atoms with Gasteiger partial charge in [0.1, 0.15) is 0 Å². The van der Waals surface area contributed by atoms with Gasteiger partial charge in [0, 0.05) is 24.9 Å². The molecule has 0 aromatic heterocycles. The van der Waals surface area contributed by atoms with E-state index in [1.165, 1.54) is 0 Å². The van der Waals surface area contributed by atoms with E-state index in [1.807, 2.05) is 0 Å². The number of hydrogen-bond donors (Lipinski definition) is 2. The second kappa shape index (κ2) is 9.39. The predicted octanol–water partition coefficient (Wildman–Crippen LogP) is 1.73. The van der Waals surface area contributed by atoms with Gasteiger partial charge in [-0.1, -0.05) is 13.0 Å². The van der Waals surface area contributed by atoms with Crippen LogP contribution in [0, 0.1) is 5.92 Å². The predicted molar refractivity (Wildman–Crippen MR) is 94.1 cm³/mol. The van der Waals surface area contributed by atoms with Crippen LogP contribution in [0.2, 0.25) is 0 Å². The Balaban J connectivity index is 1.84. The van der Waals surface area contributed by atoms with Crippen molar-refractivity contribution in [1.82, 2.24) is 10.2 Å². The van der Waals surface area contributed by atoms with Crippen molar-refractivity contribution < 1.29 is 14.3 Å². The monoisotopic (exact) mass is 333 g/mol. The van der Waals surface area contributed by atoms with E-state index in [2.05, 4.69) is 22.5 Å². The number of carbonyl (C=O) groups excluding carboxylic acids is 2. The number of piperidine rings is 1. The highest BCUT2D eigenvalue weighted by molar-refractivity contribution is 5.97. The lowest BCUT2D eigenvalue weighted by Crippen LogP contribution is -2.38. The molecule has 2 N–H and O–H groups in total. The lowest BCUT2D eigenvalue weighted by atomic mass is 9.99. The molecule has 1 aliphatic heterocycles. The zero-order chi connectivity index (χ0) is 17.4. The van der Waals surface area contributed by atoms with Crippen molar-refractivity contribution in [2.45, 2.75) is 19.8 Å². The van der Waals surface area contributed by atoms with Crippen LogP contribution in [-0.4, -0.2) is 56.6 Å². The van der Waals surface area contributed by atoms with Gasteiger partial charge in [0.2, 0.25) is 5.91 Å². The summed E-state index contributed by atoms with van der Waals surface area (Å²) in [6, 6.07) is 6.98. The number of methoxy groups -OCH3 is 1. The number of rotatable bonds is 7. The van der Waals surface area contributed by atoms with Gasteiger partial charge >= 0.3 is 0 Å². The summed E-state index contributed by atoms with van der Waals surface area (Å²) >= 11 is 0. The molecule has 1 aromatic rings. The fourth-order valence-electron chi connectivity index (χ4n) is 2.73. The molecule has 1 saturated heterocycles. The van der Waals surface area contributed by atoms with Gasteiger partial charge in [0.15, 0.2) is 0 Å². The van der Waals surface area contributed by atoms with Gasteiger partial charge in [-0.15, -0.1) is 0 Å². The first-order chi connectivity index (χ1) is 11.6. The molecule has 0 unspecified atom stereocenters. The van der Waals surface area contributed by atoms with Crippen molar-refractivity contribution >= 4 is 17.5 Å². The van der Waals surface area contributed by atoms with Crippen LogP contribution in [0.4, 0.5) is 5.69 Å². The van der Waals surface area contributed by atoms with Gasteiger partial charge in [-0.05, 0) is 50.0 Å². The van der Waals surface area contributed by atoms with Crippen LogP contribution in [0.5, 0.6) is 0 Å². The molecule has 1 fully saturated rings. The molecular formula is C18H27N3O3. The fourth-order valence-corrected chi connectivity index (χ4v) is 2.73. The van der Waals surface area contributed by atoms with Crippen LogP contribution < -0.4 is 10.6 Å². The molecule has 2 amide bonds. The minimum Gasteiger partial charge on any atom is -0.383 e. The average molecular weight is 333 g/mol. The third-order valence-corrected chi connectivity index (χ3v) is 4.24. The summed E-state index contributed by atoms with van der Waals surface area (Å²) < 4.78 is 4.91. The first-order valence-electron chi connectivity index (χ1n) is 8.48. The Morgan fingerprint density at radius 1 is 1.29 bits per heavy atom. The molecule has 0 aliphatic carbocycles. The van der Waals surface area contributed by atoms with Crippen LogP contribution in [0.1, 0.15) is 30.1 Å². The zero-order valence-corrected chi connectivity index (χ0v) is 14.5. The fraction of sp³-hybridized carbons (Fsp3) is 0.556. The van der Waals surface area contributed by atoms with Crippen molar-refractivity contribution in [3.8, 4) is 0 Å². The Bertz CT molecular complexity index is 554. The Morgan fingerprint density at radius 2 is 2.04 bits per heavy atom. The van der Waals surface area contributed by atoms with E-state index in [4.69, 9.17) is 4.74 Å². The number of carbonyl (C=O) groups is 2. The normalized spacial score (nSPS) is 15.9. The highest BCUT2D eigenvalue weighted by Gasteiger charge is 2.18. The van der Waals surface area contributed by atoms with Gasteiger partial charge in [-0.2, -0.15) is 0 Å². The summed E-state index contributed by atoms with van der Waals surface area (Å²) in [6.07, 6.45) is 2.29. The third-order valence-electron chi connectivity index (χ3n) is 4.24. The molecule has 0 radical (unpaired) electrons. The van der Waals surface area contributed by atoms with Crippen molar-refractivity contribution in [2.75, 3.05) is 45.2 Å². The molecule has 132 valence electrons. The first kappa shape index (κ1) is 18.4. The molecule has 1 aromatic carbocycles. The van der Waals surface area contributed by atoms with Crippen LogP contribution in [0.3, 0.4) is 0 Å². The van der Waals surface area contributed by atoms with E-state index in [0.717, 1.165) is 31.8 Å². The number of amides is 2. The van der Waals surface area contributed by atoms with E-state index in [0.29, 0.717) is 30.9 Å². The third kappa shape index (κ3) is 5.94. The maximum Gasteiger partial charge on any atom is 0.251 e. The molecule has 24 heavy (non-hydrogen) atoms. The highest BCUT2D eigenvalue weighted by atomic mass is 16.5. The second-order valence-corrected chi connectivity index (χ2v) is 6.34. The van der Waals surface area contributed by atoms with Crippen LogP contribution in [0.25, 0.3) is 0 Å². The van der Waals surface area contributed by atoms with Crippen molar-refractivity contribution in [3.63, 3.8) is 0 Å². The Kier molecular flexibility index (Phi) is 7.21. The number of nitrogens with zero attached hydrogens (tertiary/aromatic N) is 1. The smallest absolute Gasteiger partial charge is 0.251 e. The van der Waals surface area contributed by atoms with Gasteiger partial charge in [0.25, 0.3) is 5.91 Å². The summed E-state index contributed by atoms with van der Waals surface area (Å²) in [5.41, 5.74) is 1.17. The minimum absolute atomic E-state index is 0.0403. The van der Waals surface area contributed by atoms with Crippen molar-refractivity contribution in [3.05, 3.63) is 29.8 Å². The van der Waals surface area contributed by atoms with Crippen molar-refractivity contribution in [1.29, 1.82) is 0 Å². The molecule has 2 rings (SSSR count). The standard InChI is InChI=1S/C18H27N3O3/c1-14-6-9-21(10-7-14)13-17(22)20-16-5-3-4-15(12-16)18(23)19-8-11-24-2/h3-5,12,14H,6-11,13H2,1-2H3,(H,19,23)(H,20,22). The molecule has 0 saturated carbocycles. The first-order valence-corrected chi connectivity index (χ1v) is 8.48. The van der Waals surface area contributed by atoms with E-state index in [1.54, 1.807) is 31.4 Å². The average Bonchev–Trinajstić information content (AvgIpc) is 2.57. The number of ether oxygens (including phenoxy) is 1. The van der Waals surface area contributed by atoms with Crippen molar-refractivity contribution in [2.24, 2.45) is 5.92 Å². The highest BCUT2D eigenvalue weighted by Crippen LogP contribution is 2.16. The van der Waals surface area contributed by atoms with E-state index in [9.17, 15) is 9.59 Å². The Labute approximate surface area is 143 Å². The molecule has 0 bridgehead atoms. The number of likely N-dealkylation sites (tertiary alicyclic amines) is 1. The molecule has 6 heteroatoms. The lowest BCUT2D eigenvalue weighted by molar-refractivity contribution is -0.117. The Morgan fingerprint density at radius 3 is 2.75 bits per heavy atom.